The van der Waals surface area contributed by atoms with Crippen molar-refractivity contribution in [3.05, 3.63) is 118 Å². The Balaban J connectivity index is 1.63. The summed E-state index contributed by atoms with van der Waals surface area (Å²) in [6.07, 6.45) is 4.96. The molecule has 0 aliphatic heterocycles. The number of nitrogens with one attached hydrogen (secondary N) is 1. The van der Waals surface area contributed by atoms with E-state index < -0.39 is 28.5 Å². The van der Waals surface area contributed by atoms with E-state index in [1.807, 2.05) is 30.3 Å². The van der Waals surface area contributed by atoms with Gasteiger partial charge in [-0.15, -0.1) is 0 Å². The van der Waals surface area contributed by atoms with Crippen LogP contribution in [0, 0.1) is 0 Å². The second-order valence-corrected chi connectivity index (χ2v) is 14.8. The molecular formula is C38H41Cl2N3O6S. The van der Waals surface area contributed by atoms with E-state index in [1.54, 1.807) is 48.5 Å². The Hall–Kier alpha value is -4.25. The first kappa shape index (κ1) is 37.0. The summed E-state index contributed by atoms with van der Waals surface area (Å²) in [5.41, 5.74) is 1.35. The Morgan fingerprint density at radius 2 is 1.48 bits per heavy atom. The molecule has 1 saturated carbocycles. The SMILES string of the molecule is COc1ccc(OC)c(N(CC(=O)N(Cc2c(Cl)cccc2Cl)[C@@H](Cc2ccccc2)C(=O)NC2CCCCC2)S(=O)(=O)c2ccccc2)c1. The minimum atomic E-state index is -4.36. The summed E-state index contributed by atoms with van der Waals surface area (Å²) in [4.78, 5) is 30.6. The number of ether oxygens (including phenoxy) is 2. The van der Waals surface area contributed by atoms with Crippen molar-refractivity contribution < 1.29 is 27.5 Å². The molecule has 264 valence electrons. The Morgan fingerprint density at radius 3 is 2.10 bits per heavy atom. The second kappa shape index (κ2) is 17.1. The lowest BCUT2D eigenvalue weighted by atomic mass is 9.94. The molecule has 5 rings (SSSR count). The summed E-state index contributed by atoms with van der Waals surface area (Å²) in [5, 5.41) is 3.82. The van der Waals surface area contributed by atoms with E-state index >= 15 is 0 Å². The maximum Gasteiger partial charge on any atom is 0.264 e. The fourth-order valence-corrected chi connectivity index (χ4v) is 8.13. The molecule has 4 aromatic carbocycles. The summed E-state index contributed by atoms with van der Waals surface area (Å²) in [6.45, 7) is -0.827. The molecule has 0 heterocycles. The first-order valence-corrected chi connectivity index (χ1v) is 18.7. The highest BCUT2D eigenvalue weighted by molar-refractivity contribution is 7.92. The summed E-state index contributed by atoms with van der Waals surface area (Å²) in [5.74, 6) is -0.427. The molecule has 0 bridgehead atoms. The molecule has 50 heavy (non-hydrogen) atoms. The fraction of sp³-hybridized carbons (Fsp3) is 0.316. The van der Waals surface area contributed by atoms with Crippen LogP contribution in [0.5, 0.6) is 11.5 Å². The van der Waals surface area contributed by atoms with Gasteiger partial charge in [0.15, 0.2) is 0 Å². The third-order valence-corrected chi connectivity index (χ3v) is 11.4. The molecular weight excluding hydrogens is 697 g/mol. The summed E-state index contributed by atoms with van der Waals surface area (Å²) in [6, 6.07) is 25.9. The van der Waals surface area contributed by atoms with Crippen LogP contribution in [0.15, 0.2) is 102 Å². The van der Waals surface area contributed by atoms with Crippen molar-refractivity contribution >= 4 is 50.7 Å². The molecule has 2 amide bonds. The van der Waals surface area contributed by atoms with Gasteiger partial charge < -0.3 is 19.7 Å². The first-order valence-electron chi connectivity index (χ1n) is 16.5. The van der Waals surface area contributed by atoms with Crippen LogP contribution in [-0.2, 0) is 32.6 Å². The Bertz CT molecular complexity index is 1850. The number of halogens is 2. The number of carbonyl (C=O) groups is 2. The summed E-state index contributed by atoms with van der Waals surface area (Å²) in [7, 11) is -1.49. The summed E-state index contributed by atoms with van der Waals surface area (Å²) >= 11 is 13.3. The van der Waals surface area contributed by atoms with Gasteiger partial charge in [-0.25, -0.2) is 8.42 Å². The minimum absolute atomic E-state index is 0.0331. The molecule has 9 nitrogen and oxygen atoms in total. The molecule has 0 radical (unpaired) electrons. The van der Waals surface area contributed by atoms with Crippen LogP contribution < -0.4 is 19.1 Å². The molecule has 1 atom stereocenters. The number of benzene rings is 4. The highest BCUT2D eigenvalue weighted by Gasteiger charge is 2.37. The molecule has 0 spiro atoms. The van der Waals surface area contributed by atoms with Gasteiger partial charge in [-0.2, -0.15) is 0 Å². The van der Waals surface area contributed by atoms with Gasteiger partial charge >= 0.3 is 0 Å². The first-order chi connectivity index (χ1) is 24.1. The van der Waals surface area contributed by atoms with Gasteiger partial charge in [-0.1, -0.05) is 97.1 Å². The number of carbonyl (C=O) groups excluding carboxylic acids is 2. The van der Waals surface area contributed by atoms with E-state index in [4.69, 9.17) is 32.7 Å². The van der Waals surface area contributed by atoms with Crippen molar-refractivity contribution in [2.24, 2.45) is 0 Å². The number of nitrogens with zero attached hydrogens (tertiary/aromatic N) is 2. The van der Waals surface area contributed by atoms with Crippen molar-refractivity contribution in [3.8, 4) is 11.5 Å². The maximum atomic E-state index is 14.9. The number of methoxy groups -OCH3 is 2. The van der Waals surface area contributed by atoms with Crippen LogP contribution in [-0.4, -0.2) is 58.0 Å². The maximum absolute atomic E-state index is 14.9. The van der Waals surface area contributed by atoms with Crippen LogP contribution in [0.2, 0.25) is 10.0 Å². The van der Waals surface area contributed by atoms with E-state index in [0.717, 1.165) is 42.0 Å². The smallest absolute Gasteiger partial charge is 0.264 e. The predicted molar refractivity (Wildman–Crippen MR) is 196 cm³/mol. The molecule has 0 aromatic heterocycles. The topological polar surface area (TPSA) is 105 Å². The van der Waals surface area contributed by atoms with E-state index in [1.165, 1.54) is 37.3 Å². The highest BCUT2D eigenvalue weighted by Crippen LogP contribution is 2.36. The Labute approximate surface area is 304 Å². The third kappa shape index (κ3) is 8.91. The van der Waals surface area contributed by atoms with Gasteiger partial charge in [-0.05, 0) is 54.8 Å². The minimum Gasteiger partial charge on any atom is -0.497 e. The molecule has 12 heteroatoms. The standard InChI is InChI=1S/C38H41Cl2N3O6S/c1-48-29-21-22-36(49-2)34(24-29)43(50(46,47)30-17-10-5-11-18-30)26-37(44)42(25-31-32(39)19-12-20-33(31)40)35(23-27-13-6-3-7-14-27)38(45)41-28-15-8-4-9-16-28/h3,5-7,10-14,17-22,24,28,35H,4,8-9,15-16,23,25-26H2,1-2H3,(H,41,45)/t35-/m0/s1. The largest absolute Gasteiger partial charge is 0.497 e. The van der Waals surface area contributed by atoms with Crippen LogP contribution in [0.3, 0.4) is 0 Å². The fourth-order valence-electron chi connectivity index (χ4n) is 6.18. The number of hydrogen-bond donors (Lipinski definition) is 1. The lowest BCUT2D eigenvalue weighted by molar-refractivity contribution is -0.140. The molecule has 1 fully saturated rings. The number of rotatable bonds is 14. The van der Waals surface area contributed by atoms with Crippen LogP contribution >= 0.6 is 23.2 Å². The lowest BCUT2D eigenvalue weighted by Gasteiger charge is -2.35. The molecule has 0 unspecified atom stereocenters. The lowest BCUT2D eigenvalue weighted by Crippen LogP contribution is -2.55. The zero-order chi connectivity index (χ0) is 35.7. The molecule has 4 aromatic rings. The van der Waals surface area contributed by atoms with Gasteiger partial charge in [0.1, 0.15) is 24.1 Å². The van der Waals surface area contributed by atoms with E-state index in [2.05, 4.69) is 5.32 Å². The van der Waals surface area contributed by atoms with Crippen molar-refractivity contribution in [2.45, 2.75) is 62.0 Å². The Kier molecular flexibility index (Phi) is 12.7. The van der Waals surface area contributed by atoms with E-state index in [9.17, 15) is 18.0 Å². The van der Waals surface area contributed by atoms with Crippen LogP contribution in [0.25, 0.3) is 0 Å². The Morgan fingerprint density at radius 1 is 0.840 bits per heavy atom. The van der Waals surface area contributed by atoms with Gasteiger partial charge in [0.05, 0.1) is 24.8 Å². The third-order valence-electron chi connectivity index (χ3n) is 8.88. The molecule has 1 aliphatic carbocycles. The molecule has 1 aliphatic rings. The molecule has 1 N–H and O–H groups in total. The zero-order valence-electron chi connectivity index (χ0n) is 28.1. The highest BCUT2D eigenvalue weighted by atomic mass is 35.5. The molecule has 0 saturated heterocycles. The van der Waals surface area contributed by atoms with Crippen LogP contribution in [0.4, 0.5) is 5.69 Å². The monoisotopic (exact) mass is 737 g/mol. The predicted octanol–water partition coefficient (Wildman–Crippen LogP) is 7.29. The van der Waals surface area contributed by atoms with Crippen molar-refractivity contribution in [1.82, 2.24) is 10.2 Å². The number of hydrogen-bond acceptors (Lipinski definition) is 6. The van der Waals surface area contributed by atoms with Crippen molar-refractivity contribution in [1.29, 1.82) is 0 Å². The van der Waals surface area contributed by atoms with Crippen molar-refractivity contribution in [3.63, 3.8) is 0 Å². The summed E-state index contributed by atoms with van der Waals surface area (Å²) < 4.78 is 40.9. The number of amides is 2. The van der Waals surface area contributed by atoms with E-state index in [-0.39, 0.29) is 41.2 Å². The quantitative estimate of drug-likeness (QED) is 0.146. The number of sulfonamides is 1. The van der Waals surface area contributed by atoms with Crippen LogP contribution in [0.1, 0.15) is 43.2 Å². The van der Waals surface area contributed by atoms with Gasteiger partial charge in [-0.3, -0.25) is 13.9 Å². The second-order valence-electron chi connectivity index (χ2n) is 12.1. The van der Waals surface area contributed by atoms with Gasteiger partial charge in [0, 0.05) is 40.7 Å². The normalized spacial score (nSPS) is 14.0. The average molecular weight is 739 g/mol. The zero-order valence-corrected chi connectivity index (χ0v) is 30.4. The van der Waals surface area contributed by atoms with Crippen molar-refractivity contribution in [2.75, 3.05) is 25.1 Å². The van der Waals surface area contributed by atoms with Gasteiger partial charge in [0.2, 0.25) is 11.8 Å². The average Bonchev–Trinajstić information content (AvgIpc) is 3.13. The number of anilines is 1. The van der Waals surface area contributed by atoms with Gasteiger partial charge in [0.25, 0.3) is 10.0 Å². The van der Waals surface area contributed by atoms with E-state index in [0.29, 0.717) is 21.4 Å².